The molecule has 0 bridgehead atoms. The van der Waals surface area contributed by atoms with Crippen molar-refractivity contribution in [2.24, 2.45) is 0 Å². The van der Waals surface area contributed by atoms with E-state index in [1.54, 1.807) is 30.5 Å². The molecular weight excluding hydrogens is 454 g/mol. The van der Waals surface area contributed by atoms with Gasteiger partial charge in [-0.15, -0.1) is 11.6 Å². The minimum atomic E-state index is -0.314. The van der Waals surface area contributed by atoms with Crippen LogP contribution in [-0.2, 0) is 9.59 Å². The van der Waals surface area contributed by atoms with Crippen LogP contribution in [0.2, 0.25) is 0 Å². The Morgan fingerprint density at radius 2 is 2.00 bits per heavy atom. The molecule has 0 saturated carbocycles. The van der Waals surface area contributed by atoms with Crippen LogP contribution < -0.4 is 16.0 Å². The van der Waals surface area contributed by atoms with Crippen LogP contribution >= 0.6 is 11.6 Å². The first-order valence-electron chi connectivity index (χ1n) is 10.7. The number of H-pyrrole nitrogens is 1. The Kier molecular flexibility index (Phi) is 6.51. The summed E-state index contributed by atoms with van der Waals surface area (Å²) in [5.41, 5.74) is 5.69. The quantitative estimate of drug-likeness (QED) is 0.314. The highest BCUT2D eigenvalue weighted by molar-refractivity contribution is 6.35. The van der Waals surface area contributed by atoms with Crippen molar-refractivity contribution in [3.05, 3.63) is 76.4 Å². The summed E-state index contributed by atoms with van der Waals surface area (Å²) in [6.07, 6.45) is 3.40. The number of nitrogens with one attached hydrogen (secondary N) is 4. The van der Waals surface area contributed by atoms with E-state index >= 15 is 0 Å². The number of amides is 3. The normalized spacial score (nSPS) is 14.5. The van der Waals surface area contributed by atoms with E-state index in [2.05, 4.69) is 25.9 Å². The Hall–Kier alpha value is -3.91. The monoisotopic (exact) mass is 477 g/mol. The lowest BCUT2D eigenvalue weighted by Crippen LogP contribution is -2.27. The smallest absolute Gasteiger partial charge is 0.256 e. The van der Waals surface area contributed by atoms with E-state index in [1.165, 1.54) is 0 Å². The number of aromatic nitrogens is 2. The number of aromatic amines is 1. The summed E-state index contributed by atoms with van der Waals surface area (Å²) in [4.78, 5) is 44.8. The Morgan fingerprint density at radius 1 is 1.21 bits per heavy atom. The van der Waals surface area contributed by atoms with Crippen LogP contribution in [0.4, 0.5) is 11.4 Å². The van der Waals surface area contributed by atoms with Gasteiger partial charge in [-0.3, -0.25) is 19.4 Å². The molecule has 3 aromatic rings. The summed E-state index contributed by atoms with van der Waals surface area (Å²) >= 11 is 5.61. The van der Waals surface area contributed by atoms with Crippen molar-refractivity contribution in [2.45, 2.75) is 26.8 Å². The highest BCUT2D eigenvalue weighted by Crippen LogP contribution is 2.35. The van der Waals surface area contributed by atoms with Crippen molar-refractivity contribution in [1.82, 2.24) is 15.3 Å². The maximum absolute atomic E-state index is 12.9. The van der Waals surface area contributed by atoms with Gasteiger partial charge in [0.2, 0.25) is 5.91 Å². The largest absolute Gasteiger partial charge is 0.357 e. The second-order valence-corrected chi connectivity index (χ2v) is 8.33. The molecule has 4 N–H and O–H groups in total. The van der Waals surface area contributed by atoms with E-state index in [-0.39, 0.29) is 29.6 Å². The van der Waals surface area contributed by atoms with Crippen molar-refractivity contribution in [3.63, 3.8) is 0 Å². The fourth-order valence-electron chi connectivity index (χ4n) is 3.88. The maximum Gasteiger partial charge on any atom is 0.256 e. The molecule has 3 heterocycles. The van der Waals surface area contributed by atoms with E-state index in [0.29, 0.717) is 33.8 Å². The Morgan fingerprint density at radius 3 is 2.71 bits per heavy atom. The molecule has 0 aliphatic carbocycles. The van der Waals surface area contributed by atoms with Gasteiger partial charge in [0.1, 0.15) is 5.88 Å². The SMILES string of the molecule is Cc1[nH]c(C=C2C(=O)Nc3ccc(C(=O)NC(C)c4ccccn4)cc32)c(C)c1NC(=O)CCl. The third kappa shape index (κ3) is 4.58. The number of nitrogens with zero attached hydrogens (tertiary/aromatic N) is 1. The number of halogens is 1. The molecule has 0 fully saturated rings. The first-order valence-corrected chi connectivity index (χ1v) is 11.3. The fourth-order valence-corrected chi connectivity index (χ4v) is 3.95. The number of aryl methyl sites for hydroxylation is 1. The number of carbonyl (C=O) groups is 3. The van der Waals surface area contributed by atoms with Crippen LogP contribution in [0.1, 0.15) is 51.5 Å². The fraction of sp³-hybridized carbons (Fsp3) is 0.200. The van der Waals surface area contributed by atoms with Gasteiger partial charge in [-0.2, -0.15) is 0 Å². The first-order chi connectivity index (χ1) is 16.3. The van der Waals surface area contributed by atoms with Gasteiger partial charge in [-0.1, -0.05) is 6.07 Å². The van der Waals surface area contributed by atoms with Crippen LogP contribution in [0.3, 0.4) is 0 Å². The average molecular weight is 478 g/mol. The lowest BCUT2D eigenvalue weighted by atomic mass is 10.0. The van der Waals surface area contributed by atoms with Crippen LogP contribution in [-0.4, -0.2) is 33.6 Å². The van der Waals surface area contributed by atoms with Gasteiger partial charge in [0, 0.05) is 34.4 Å². The predicted molar refractivity (Wildman–Crippen MR) is 133 cm³/mol. The van der Waals surface area contributed by atoms with Crippen LogP contribution in [0.15, 0.2) is 42.6 Å². The lowest BCUT2D eigenvalue weighted by Gasteiger charge is -2.13. The molecule has 0 spiro atoms. The Balaban J connectivity index is 1.63. The van der Waals surface area contributed by atoms with Gasteiger partial charge in [-0.25, -0.2) is 0 Å². The van der Waals surface area contributed by atoms with E-state index in [0.717, 1.165) is 17.0 Å². The Bertz CT molecular complexity index is 1310. The van der Waals surface area contributed by atoms with Gasteiger partial charge in [0.15, 0.2) is 0 Å². The third-order valence-corrected chi connectivity index (χ3v) is 5.94. The third-order valence-electron chi connectivity index (χ3n) is 5.69. The standard InChI is InChI=1S/C25H24ClN5O3/c1-13-21(28-15(3)23(13)31-22(32)12-26)11-18-17-10-16(7-8-20(17)30-25(18)34)24(33)29-14(2)19-6-4-5-9-27-19/h4-11,14,28H,12H2,1-3H3,(H,29,33)(H,30,34)(H,31,32). The molecule has 2 aromatic heterocycles. The number of alkyl halides is 1. The molecule has 9 heteroatoms. The van der Waals surface area contributed by atoms with Crippen molar-refractivity contribution in [1.29, 1.82) is 0 Å². The number of anilines is 2. The number of pyridine rings is 1. The van der Waals surface area contributed by atoms with E-state index in [1.807, 2.05) is 39.0 Å². The van der Waals surface area contributed by atoms with Gasteiger partial charge in [0.05, 0.1) is 23.0 Å². The molecule has 3 amide bonds. The summed E-state index contributed by atoms with van der Waals surface area (Å²) in [6.45, 7) is 5.53. The van der Waals surface area contributed by atoms with Gasteiger partial charge in [0.25, 0.3) is 11.8 Å². The highest BCUT2D eigenvalue weighted by atomic mass is 35.5. The second kappa shape index (κ2) is 9.52. The topological polar surface area (TPSA) is 116 Å². The van der Waals surface area contributed by atoms with Crippen molar-refractivity contribution in [3.8, 4) is 0 Å². The number of fused-ring (bicyclic) bond motifs is 1. The number of carbonyl (C=O) groups excluding carboxylic acids is 3. The zero-order valence-corrected chi connectivity index (χ0v) is 19.7. The zero-order chi connectivity index (χ0) is 24.4. The molecule has 34 heavy (non-hydrogen) atoms. The van der Waals surface area contributed by atoms with Crippen molar-refractivity contribution in [2.75, 3.05) is 16.5 Å². The average Bonchev–Trinajstić information content (AvgIpc) is 3.29. The number of benzene rings is 1. The number of hydrogen-bond acceptors (Lipinski definition) is 4. The van der Waals surface area contributed by atoms with Crippen LogP contribution in [0, 0.1) is 13.8 Å². The van der Waals surface area contributed by atoms with Gasteiger partial charge < -0.3 is 20.9 Å². The molecule has 1 aliphatic rings. The minimum Gasteiger partial charge on any atom is -0.357 e. The molecule has 1 aromatic carbocycles. The maximum atomic E-state index is 12.9. The lowest BCUT2D eigenvalue weighted by molar-refractivity contribution is -0.114. The van der Waals surface area contributed by atoms with E-state index in [9.17, 15) is 14.4 Å². The van der Waals surface area contributed by atoms with Gasteiger partial charge in [-0.05, 0) is 62.7 Å². The molecule has 1 aliphatic heterocycles. The summed E-state index contributed by atoms with van der Waals surface area (Å²) in [5.74, 6) is -1.00. The van der Waals surface area contributed by atoms with E-state index in [4.69, 9.17) is 11.6 Å². The molecule has 174 valence electrons. The van der Waals surface area contributed by atoms with Crippen LogP contribution in [0.5, 0.6) is 0 Å². The molecule has 1 atom stereocenters. The first kappa shape index (κ1) is 23.3. The van der Waals surface area contributed by atoms with Crippen molar-refractivity contribution >= 4 is 52.3 Å². The second-order valence-electron chi connectivity index (χ2n) is 8.07. The van der Waals surface area contributed by atoms with Crippen molar-refractivity contribution < 1.29 is 14.4 Å². The summed E-state index contributed by atoms with van der Waals surface area (Å²) in [7, 11) is 0. The molecular formula is C25H24ClN5O3. The molecule has 0 radical (unpaired) electrons. The number of hydrogen-bond donors (Lipinski definition) is 4. The highest BCUT2D eigenvalue weighted by Gasteiger charge is 2.26. The Labute approximate surface area is 201 Å². The number of rotatable bonds is 6. The zero-order valence-electron chi connectivity index (χ0n) is 19.0. The van der Waals surface area contributed by atoms with Gasteiger partial charge >= 0.3 is 0 Å². The summed E-state index contributed by atoms with van der Waals surface area (Å²) in [6, 6.07) is 10.3. The summed E-state index contributed by atoms with van der Waals surface area (Å²) < 4.78 is 0. The van der Waals surface area contributed by atoms with Crippen LogP contribution in [0.25, 0.3) is 11.6 Å². The van der Waals surface area contributed by atoms with E-state index < -0.39 is 0 Å². The summed E-state index contributed by atoms with van der Waals surface area (Å²) in [5, 5.41) is 8.54. The molecule has 4 rings (SSSR count). The minimum absolute atomic E-state index is 0.153. The molecule has 8 nitrogen and oxygen atoms in total. The predicted octanol–water partition coefficient (Wildman–Crippen LogP) is 4.19. The molecule has 1 unspecified atom stereocenters. The molecule has 0 saturated heterocycles.